The number of halogens is 1. The summed E-state index contributed by atoms with van der Waals surface area (Å²) in [6, 6.07) is 1.54. The summed E-state index contributed by atoms with van der Waals surface area (Å²) in [5.41, 5.74) is 0. The van der Waals surface area contributed by atoms with Gasteiger partial charge in [0.25, 0.3) is 0 Å². The van der Waals surface area contributed by atoms with E-state index in [4.69, 9.17) is 21.4 Å². The number of carbonyl (C=O) groups is 1. The number of alkyl halides is 1. The number of hydrogen-bond acceptors (Lipinski definition) is 4. The average Bonchev–Trinajstić information content (AvgIpc) is 2.62. The Hall–Kier alpha value is -1.07. The Morgan fingerprint density at radius 2 is 2.57 bits per heavy atom. The van der Waals surface area contributed by atoms with Crippen molar-refractivity contribution in [2.75, 3.05) is 12.5 Å². The van der Waals surface area contributed by atoms with E-state index in [2.05, 4.69) is 5.10 Å². The predicted molar refractivity (Wildman–Crippen MR) is 50.7 cm³/mol. The van der Waals surface area contributed by atoms with Crippen LogP contribution in [0.3, 0.4) is 0 Å². The molecule has 1 atom stereocenters. The minimum Gasteiger partial charge on any atom is -0.474 e. The fourth-order valence-corrected chi connectivity index (χ4v) is 0.875. The van der Waals surface area contributed by atoms with E-state index in [0.717, 1.165) is 4.68 Å². The van der Waals surface area contributed by atoms with E-state index in [1.165, 1.54) is 13.1 Å². The zero-order valence-corrected chi connectivity index (χ0v) is 8.44. The van der Waals surface area contributed by atoms with Gasteiger partial charge in [-0.2, -0.15) is 0 Å². The molecule has 14 heavy (non-hydrogen) atoms. The third-order valence-corrected chi connectivity index (χ3v) is 1.85. The molecule has 0 amide bonds. The van der Waals surface area contributed by atoms with E-state index in [-0.39, 0.29) is 18.4 Å². The molecular weight excluding hydrogens is 208 g/mol. The molecule has 0 fully saturated rings. The molecule has 0 aliphatic carbocycles. The maximum atomic E-state index is 10.8. The number of aliphatic hydroxyl groups is 1. The second-order valence-electron chi connectivity index (χ2n) is 2.74. The van der Waals surface area contributed by atoms with Crippen molar-refractivity contribution in [1.29, 1.82) is 0 Å². The molecule has 0 aromatic carbocycles. The first-order valence-electron chi connectivity index (χ1n) is 4.07. The summed E-state index contributed by atoms with van der Waals surface area (Å²) < 4.78 is 6.23. The highest BCUT2D eigenvalue weighted by molar-refractivity contribution is 6.18. The number of hydrogen-bond donors (Lipinski definition) is 1. The molecule has 1 rings (SSSR count). The molecule has 78 valence electrons. The van der Waals surface area contributed by atoms with Crippen LogP contribution in [0, 0.1) is 0 Å². The molecule has 1 aromatic rings. The minimum atomic E-state index is -0.723. The lowest BCUT2D eigenvalue weighted by Gasteiger charge is -2.06. The van der Waals surface area contributed by atoms with Gasteiger partial charge in [0.2, 0.25) is 11.8 Å². The molecule has 6 heteroatoms. The van der Waals surface area contributed by atoms with E-state index in [1.54, 1.807) is 6.07 Å². The molecule has 1 N–H and O–H groups in total. The lowest BCUT2D eigenvalue weighted by atomic mass is 10.4. The number of rotatable bonds is 4. The molecule has 0 saturated carbocycles. The summed E-state index contributed by atoms with van der Waals surface area (Å²) in [6.45, 7) is 1.46. The first kappa shape index (κ1) is 11.0. The molecule has 0 radical (unpaired) electrons. The van der Waals surface area contributed by atoms with Crippen LogP contribution in [0.5, 0.6) is 5.88 Å². The third-order valence-electron chi connectivity index (χ3n) is 1.49. The standard InChI is InChI=1S/C8H11ClN2O3/c1-6(12)11-3-2-8(10-11)14-5-7(13)4-9/h2-3,7,13H,4-5H2,1H3. The van der Waals surface area contributed by atoms with Crippen LogP contribution in [-0.2, 0) is 0 Å². The Bertz CT molecular complexity index is 313. The number of aromatic nitrogens is 2. The van der Waals surface area contributed by atoms with Crippen molar-refractivity contribution in [1.82, 2.24) is 9.78 Å². The van der Waals surface area contributed by atoms with Crippen molar-refractivity contribution in [3.05, 3.63) is 12.3 Å². The molecule has 5 nitrogen and oxygen atoms in total. The van der Waals surface area contributed by atoms with Crippen LogP contribution in [0.15, 0.2) is 12.3 Å². The Morgan fingerprint density at radius 1 is 1.86 bits per heavy atom. The number of aliphatic hydroxyl groups excluding tert-OH is 1. The van der Waals surface area contributed by atoms with Crippen molar-refractivity contribution in [3.8, 4) is 5.88 Å². The van der Waals surface area contributed by atoms with Gasteiger partial charge in [-0.05, 0) is 0 Å². The van der Waals surface area contributed by atoms with Crippen LogP contribution >= 0.6 is 11.6 Å². The van der Waals surface area contributed by atoms with Gasteiger partial charge >= 0.3 is 0 Å². The van der Waals surface area contributed by atoms with Gasteiger partial charge < -0.3 is 9.84 Å². The quantitative estimate of drug-likeness (QED) is 0.749. The molecule has 1 unspecified atom stereocenters. The van der Waals surface area contributed by atoms with Crippen molar-refractivity contribution < 1.29 is 14.6 Å². The van der Waals surface area contributed by atoms with Crippen molar-refractivity contribution in [3.63, 3.8) is 0 Å². The van der Waals surface area contributed by atoms with Crippen LogP contribution in [-0.4, -0.2) is 39.4 Å². The summed E-state index contributed by atoms with van der Waals surface area (Å²) in [5.74, 6) is 0.204. The molecule has 1 heterocycles. The third kappa shape index (κ3) is 3.01. The van der Waals surface area contributed by atoms with Crippen LogP contribution in [0.2, 0.25) is 0 Å². The highest BCUT2D eigenvalue weighted by atomic mass is 35.5. The van der Waals surface area contributed by atoms with Crippen molar-refractivity contribution in [2.45, 2.75) is 13.0 Å². The topological polar surface area (TPSA) is 64.3 Å². The molecule has 0 aliphatic heterocycles. The summed E-state index contributed by atoms with van der Waals surface area (Å²) >= 11 is 5.36. The van der Waals surface area contributed by atoms with Crippen LogP contribution < -0.4 is 4.74 Å². The second kappa shape index (κ2) is 4.97. The highest BCUT2D eigenvalue weighted by Crippen LogP contribution is 2.06. The summed E-state index contributed by atoms with van der Waals surface area (Å²) in [6.07, 6.45) is 0.768. The second-order valence-corrected chi connectivity index (χ2v) is 3.05. The summed E-state index contributed by atoms with van der Waals surface area (Å²) in [5, 5.41) is 12.9. The van der Waals surface area contributed by atoms with Gasteiger partial charge in [0.1, 0.15) is 12.7 Å². The number of nitrogens with zero attached hydrogens (tertiary/aromatic N) is 2. The zero-order valence-electron chi connectivity index (χ0n) is 7.68. The lowest BCUT2D eigenvalue weighted by Crippen LogP contribution is -2.19. The molecule has 0 spiro atoms. The van der Waals surface area contributed by atoms with E-state index in [0.29, 0.717) is 5.88 Å². The smallest absolute Gasteiger partial charge is 0.243 e. The maximum absolute atomic E-state index is 10.8. The van der Waals surface area contributed by atoms with Crippen molar-refractivity contribution in [2.24, 2.45) is 0 Å². The molecule has 0 aliphatic rings. The Kier molecular flexibility index (Phi) is 3.91. The summed E-state index contributed by atoms with van der Waals surface area (Å²) in [7, 11) is 0. The fourth-order valence-electron chi connectivity index (χ4n) is 0.786. The van der Waals surface area contributed by atoms with Gasteiger partial charge in [0, 0.05) is 19.2 Å². The Morgan fingerprint density at radius 3 is 3.07 bits per heavy atom. The SMILES string of the molecule is CC(=O)n1ccc(OCC(O)CCl)n1. The first-order valence-corrected chi connectivity index (χ1v) is 4.60. The fraction of sp³-hybridized carbons (Fsp3) is 0.500. The molecule has 0 saturated heterocycles. The largest absolute Gasteiger partial charge is 0.474 e. The van der Waals surface area contributed by atoms with Gasteiger partial charge in [-0.3, -0.25) is 4.79 Å². The van der Waals surface area contributed by atoms with E-state index in [9.17, 15) is 4.79 Å². The Labute approximate surface area is 86.2 Å². The van der Waals surface area contributed by atoms with E-state index < -0.39 is 6.10 Å². The predicted octanol–water partition coefficient (Wildman–Crippen LogP) is 0.522. The number of carbonyl (C=O) groups excluding carboxylic acids is 1. The highest BCUT2D eigenvalue weighted by Gasteiger charge is 2.06. The van der Waals surface area contributed by atoms with Crippen LogP contribution in [0.4, 0.5) is 0 Å². The van der Waals surface area contributed by atoms with Crippen LogP contribution in [0.25, 0.3) is 0 Å². The van der Waals surface area contributed by atoms with Crippen molar-refractivity contribution >= 4 is 17.5 Å². The molecule has 1 aromatic heterocycles. The van der Waals surface area contributed by atoms with Gasteiger partial charge in [0.15, 0.2) is 0 Å². The summed E-state index contributed by atoms with van der Waals surface area (Å²) in [4.78, 5) is 10.8. The Balaban J connectivity index is 2.48. The van der Waals surface area contributed by atoms with Gasteiger partial charge in [-0.1, -0.05) is 0 Å². The monoisotopic (exact) mass is 218 g/mol. The lowest BCUT2D eigenvalue weighted by molar-refractivity contribution is 0.0915. The zero-order chi connectivity index (χ0) is 10.6. The molecule has 0 bridgehead atoms. The normalized spacial score (nSPS) is 12.5. The van der Waals surface area contributed by atoms with E-state index >= 15 is 0 Å². The number of ether oxygens (including phenoxy) is 1. The average molecular weight is 219 g/mol. The first-order chi connectivity index (χ1) is 6.63. The van der Waals surface area contributed by atoms with E-state index in [1.807, 2.05) is 0 Å². The van der Waals surface area contributed by atoms with Gasteiger partial charge in [-0.15, -0.1) is 16.7 Å². The van der Waals surface area contributed by atoms with Gasteiger partial charge in [-0.25, -0.2) is 4.68 Å². The minimum absolute atomic E-state index is 0.0679. The van der Waals surface area contributed by atoms with Gasteiger partial charge in [0.05, 0.1) is 5.88 Å². The molecular formula is C8H11ClN2O3. The maximum Gasteiger partial charge on any atom is 0.243 e. The van der Waals surface area contributed by atoms with Crippen LogP contribution in [0.1, 0.15) is 11.7 Å².